The quantitative estimate of drug-likeness (QED) is 0.397. The topological polar surface area (TPSA) is 107 Å². The van der Waals surface area contributed by atoms with Crippen LogP contribution in [0.5, 0.6) is 11.5 Å². The van der Waals surface area contributed by atoms with Crippen molar-refractivity contribution in [3.05, 3.63) is 48.2 Å². The Kier molecular flexibility index (Phi) is 7.76. The van der Waals surface area contributed by atoms with Gasteiger partial charge in [-0.15, -0.1) is 0 Å². The predicted molar refractivity (Wildman–Crippen MR) is 140 cm³/mol. The second-order valence-corrected chi connectivity index (χ2v) is 11.9. The second kappa shape index (κ2) is 10.2. The first-order chi connectivity index (χ1) is 16.3. The van der Waals surface area contributed by atoms with Crippen LogP contribution in [0.2, 0.25) is 0 Å². The molecule has 0 bridgehead atoms. The van der Waals surface area contributed by atoms with Crippen LogP contribution in [0.25, 0.3) is 10.4 Å². The van der Waals surface area contributed by atoms with Gasteiger partial charge in [0.2, 0.25) is 5.91 Å². The number of carbonyl (C=O) groups excluding carboxylic acids is 1. The lowest BCUT2D eigenvalue weighted by Crippen LogP contribution is -2.27. The highest BCUT2D eigenvalue weighted by molar-refractivity contribution is 7.92. The summed E-state index contributed by atoms with van der Waals surface area (Å²) < 4.78 is 40.1. The van der Waals surface area contributed by atoms with Gasteiger partial charge in [0.1, 0.15) is 16.4 Å². The van der Waals surface area contributed by atoms with E-state index in [2.05, 4.69) is 15.0 Å². The molecule has 0 aliphatic carbocycles. The number of rotatable bonds is 8. The van der Waals surface area contributed by atoms with Gasteiger partial charge in [0.25, 0.3) is 10.0 Å². The van der Waals surface area contributed by atoms with Crippen LogP contribution in [0.15, 0.2) is 47.4 Å². The molecule has 0 fully saturated rings. The van der Waals surface area contributed by atoms with Crippen molar-refractivity contribution < 1.29 is 22.7 Å². The van der Waals surface area contributed by atoms with E-state index < -0.39 is 15.4 Å². The Morgan fingerprint density at radius 3 is 2.31 bits per heavy atom. The van der Waals surface area contributed by atoms with Crippen LogP contribution >= 0.6 is 11.3 Å². The number of nitrogens with one attached hydrogen (secondary N) is 2. The Morgan fingerprint density at radius 2 is 1.74 bits per heavy atom. The zero-order valence-electron chi connectivity index (χ0n) is 20.9. The van der Waals surface area contributed by atoms with Crippen molar-refractivity contribution in [2.24, 2.45) is 5.41 Å². The molecule has 1 aromatic heterocycles. The second-order valence-electron chi connectivity index (χ2n) is 9.30. The molecule has 0 radical (unpaired) electrons. The molecule has 0 spiro atoms. The maximum atomic E-state index is 13.3. The highest BCUT2D eigenvalue weighted by Crippen LogP contribution is 2.37. The molecular formula is C25H31N3O5S2. The van der Waals surface area contributed by atoms with E-state index in [1.54, 1.807) is 42.5 Å². The third kappa shape index (κ3) is 6.52. The molecule has 0 saturated carbocycles. The number of sulfonamides is 1. The summed E-state index contributed by atoms with van der Waals surface area (Å²) in [7, 11) is -2.55. The molecule has 0 atom stereocenters. The van der Waals surface area contributed by atoms with Gasteiger partial charge in [-0.25, -0.2) is 13.4 Å². The minimum Gasteiger partial charge on any atom is -0.495 e. The fraction of sp³-hybridized carbons (Fsp3) is 0.360. The SMILES string of the molecule is COc1ccc(-c2sc(NC(=O)C(C)(C)C)nc2C)cc1S(=O)(=O)Nc1ccc(OC(C)C)cc1. The summed E-state index contributed by atoms with van der Waals surface area (Å²) in [6.07, 6.45) is 0.0158. The molecule has 1 amide bonds. The van der Waals surface area contributed by atoms with Gasteiger partial charge < -0.3 is 14.8 Å². The van der Waals surface area contributed by atoms with E-state index in [1.807, 2.05) is 41.5 Å². The molecule has 2 aromatic carbocycles. The number of amides is 1. The molecule has 8 nitrogen and oxygen atoms in total. The molecule has 35 heavy (non-hydrogen) atoms. The Labute approximate surface area is 210 Å². The molecule has 1 heterocycles. The van der Waals surface area contributed by atoms with Gasteiger partial charge in [-0.2, -0.15) is 0 Å². The lowest BCUT2D eigenvalue weighted by molar-refractivity contribution is -0.123. The summed E-state index contributed by atoms with van der Waals surface area (Å²) in [5, 5.41) is 3.29. The van der Waals surface area contributed by atoms with Gasteiger partial charge in [0, 0.05) is 11.1 Å². The smallest absolute Gasteiger partial charge is 0.265 e. The summed E-state index contributed by atoms with van der Waals surface area (Å²) in [5.74, 6) is 0.715. The van der Waals surface area contributed by atoms with Crippen LogP contribution < -0.4 is 19.5 Å². The van der Waals surface area contributed by atoms with Crippen LogP contribution in [0.4, 0.5) is 10.8 Å². The molecular weight excluding hydrogens is 486 g/mol. The first kappa shape index (κ1) is 26.5. The number of anilines is 2. The lowest BCUT2D eigenvalue weighted by atomic mass is 9.96. The third-order valence-electron chi connectivity index (χ3n) is 4.89. The van der Waals surface area contributed by atoms with Crippen LogP contribution in [-0.4, -0.2) is 32.5 Å². The van der Waals surface area contributed by atoms with Crippen molar-refractivity contribution in [3.8, 4) is 21.9 Å². The van der Waals surface area contributed by atoms with Crippen molar-refractivity contribution >= 4 is 38.1 Å². The van der Waals surface area contributed by atoms with Crippen LogP contribution in [0.1, 0.15) is 40.3 Å². The minimum absolute atomic E-state index is 0.00640. The normalized spacial score (nSPS) is 11.9. The Hall–Kier alpha value is -3.11. The first-order valence-corrected chi connectivity index (χ1v) is 13.4. The maximum Gasteiger partial charge on any atom is 0.265 e. The number of aryl methyl sites for hydroxylation is 1. The van der Waals surface area contributed by atoms with Crippen molar-refractivity contribution in [2.45, 2.75) is 52.5 Å². The summed E-state index contributed by atoms with van der Waals surface area (Å²) in [5.41, 5.74) is 1.17. The number of methoxy groups -OCH3 is 1. The van der Waals surface area contributed by atoms with Crippen LogP contribution in [0.3, 0.4) is 0 Å². The van der Waals surface area contributed by atoms with E-state index in [0.29, 0.717) is 27.8 Å². The van der Waals surface area contributed by atoms with Crippen molar-refractivity contribution in [2.75, 3.05) is 17.1 Å². The van der Waals surface area contributed by atoms with Gasteiger partial charge in [0.15, 0.2) is 5.13 Å². The zero-order valence-corrected chi connectivity index (χ0v) is 22.6. The predicted octanol–water partition coefficient (Wildman–Crippen LogP) is 5.70. The monoisotopic (exact) mass is 517 g/mol. The van der Waals surface area contributed by atoms with E-state index >= 15 is 0 Å². The Morgan fingerprint density at radius 1 is 1.09 bits per heavy atom. The van der Waals surface area contributed by atoms with E-state index in [4.69, 9.17) is 9.47 Å². The molecule has 2 N–H and O–H groups in total. The van der Waals surface area contributed by atoms with Crippen molar-refractivity contribution in [3.63, 3.8) is 0 Å². The Balaban J connectivity index is 1.92. The molecule has 3 aromatic rings. The average molecular weight is 518 g/mol. The molecule has 10 heteroatoms. The van der Waals surface area contributed by atoms with Gasteiger partial charge in [-0.1, -0.05) is 32.1 Å². The summed E-state index contributed by atoms with van der Waals surface area (Å²) in [6.45, 7) is 11.1. The summed E-state index contributed by atoms with van der Waals surface area (Å²) >= 11 is 1.29. The Bertz CT molecular complexity index is 1310. The molecule has 0 aliphatic heterocycles. The number of hydrogen-bond donors (Lipinski definition) is 2. The number of hydrogen-bond acceptors (Lipinski definition) is 7. The van der Waals surface area contributed by atoms with Gasteiger partial charge in [-0.3, -0.25) is 9.52 Å². The van der Waals surface area contributed by atoms with Gasteiger partial charge in [-0.05, 0) is 68.8 Å². The largest absolute Gasteiger partial charge is 0.495 e. The average Bonchev–Trinajstić information content (AvgIpc) is 3.13. The fourth-order valence-corrected chi connectivity index (χ4v) is 5.33. The van der Waals surface area contributed by atoms with E-state index in [0.717, 1.165) is 4.88 Å². The number of ether oxygens (including phenoxy) is 2. The van der Waals surface area contributed by atoms with Gasteiger partial charge >= 0.3 is 0 Å². The van der Waals surface area contributed by atoms with Crippen LogP contribution in [-0.2, 0) is 14.8 Å². The van der Waals surface area contributed by atoms with Gasteiger partial charge in [0.05, 0.1) is 23.8 Å². The standard InChI is InChI=1S/C25H31N3O5S2/c1-15(2)33-19-11-9-18(10-12-19)28-35(30,31)21-14-17(8-13-20(21)32-7)22-16(3)26-24(34-22)27-23(29)25(4,5)6/h8-15,28H,1-7H3,(H,26,27,29). The number of thiazole rings is 1. The molecule has 188 valence electrons. The van der Waals surface area contributed by atoms with Crippen LogP contribution in [0, 0.1) is 12.3 Å². The summed E-state index contributed by atoms with van der Waals surface area (Å²) in [6, 6.07) is 11.6. The first-order valence-electron chi connectivity index (χ1n) is 11.1. The number of benzene rings is 2. The number of aromatic nitrogens is 1. The summed E-state index contributed by atoms with van der Waals surface area (Å²) in [4.78, 5) is 17.5. The lowest BCUT2D eigenvalue weighted by Gasteiger charge is -2.15. The molecule has 3 rings (SSSR count). The number of nitrogens with zero attached hydrogens (tertiary/aromatic N) is 1. The number of carbonyl (C=O) groups is 1. The van der Waals surface area contributed by atoms with Crippen molar-refractivity contribution in [1.29, 1.82) is 0 Å². The highest BCUT2D eigenvalue weighted by atomic mass is 32.2. The highest BCUT2D eigenvalue weighted by Gasteiger charge is 2.25. The van der Waals surface area contributed by atoms with E-state index in [-0.39, 0.29) is 22.7 Å². The maximum absolute atomic E-state index is 13.3. The fourth-order valence-electron chi connectivity index (χ4n) is 3.11. The molecule has 0 unspecified atom stereocenters. The van der Waals surface area contributed by atoms with E-state index in [9.17, 15) is 13.2 Å². The molecule has 0 saturated heterocycles. The van der Waals surface area contributed by atoms with E-state index in [1.165, 1.54) is 18.4 Å². The van der Waals surface area contributed by atoms with Crippen molar-refractivity contribution in [1.82, 2.24) is 4.98 Å². The zero-order chi connectivity index (χ0) is 26.0. The third-order valence-corrected chi connectivity index (χ3v) is 7.42. The molecule has 0 aliphatic rings. The minimum atomic E-state index is -3.97.